The summed E-state index contributed by atoms with van der Waals surface area (Å²) >= 11 is 6.16. The van der Waals surface area contributed by atoms with Crippen LogP contribution in [0.1, 0.15) is 15.9 Å². The summed E-state index contributed by atoms with van der Waals surface area (Å²) < 4.78 is 31.2. The molecule has 0 bridgehead atoms. The number of rotatable bonds is 8. The van der Waals surface area contributed by atoms with Gasteiger partial charge in [-0.2, -0.15) is 0 Å². The van der Waals surface area contributed by atoms with Crippen LogP contribution in [-0.4, -0.2) is 51.3 Å². The highest BCUT2D eigenvalue weighted by molar-refractivity contribution is 7.89. The first kappa shape index (κ1) is 21.9. The average Bonchev–Trinajstić information content (AvgIpc) is 2.67. The Kier molecular flexibility index (Phi) is 7.23. The highest BCUT2D eigenvalue weighted by Crippen LogP contribution is 2.24. The van der Waals surface area contributed by atoms with Crippen LogP contribution in [0, 0.1) is 0 Å². The van der Waals surface area contributed by atoms with Crippen LogP contribution >= 0.6 is 11.6 Å². The molecule has 2 aromatic rings. The maximum absolute atomic E-state index is 12.8. The van der Waals surface area contributed by atoms with E-state index in [4.69, 9.17) is 16.3 Å². The van der Waals surface area contributed by atoms with Gasteiger partial charge >= 0.3 is 0 Å². The molecule has 2 aromatic carbocycles. The zero-order valence-corrected chi connectivity index (χ0v) is 17.6. The Morgan fingerprint density at radius 2 is 1.79 bits per heavy atom. The number of sulfonamides is 1. The molecule has 150 valence electrons. The third-order valence-corrected chi connectivity index (χ3v) is 6.15. The van der Waals surface area contributed by atoms with Crippen LogP contribution in [0.15, 0.2) is 60.0 Å². The minimum Gasteiger partial charge on any atom is -0.490 e. The smallest absolute Gasteiger partial charge is 0.255 e. The van der Waals surface area contributed by atoms with E-state index in [2.05, 4.69) is 6.58 Å². The van der Waals surface area contributed by atoms with Crippen molar-refractivity contribution in [1.82, 2.24) is 9.21 Å². The van der Waals surface area contributed by atoms with Crippen molar-refractivity contribution in [3.8, 4) is 5.75 Å². The molecule has 0 aliphatic carbocycles. The monoisotopic (exact) mass is 422 g/mol. The van der Waals surface area contributed by atoms with Crippen LogP contribution < -0.4 is 4.74 Å². The van der Waals surface area contributed by atoms with E-state index in [9.17, 15) is 13.2 Å². The number of hydrogen-bond donors (Lipinski definition) is 0. The van der Waals surface area contributed by atoms with E-state index in [0.717, 1.165) is 9.87 Å². The van der Waals surface area contributed by atoms with Gasteiger partial charge in [0.25, 0.3) is 5.91 Å². The summed E-state index contributed by atoms with van der Waals surface area (Å²) in [4.78, 5) is 14.3. The van der Waals surface area contributed by atoms with E-state index >= 15 is 0 Å². The molecule has 0 saturated heterocycles. The number of carbonyl (C=O) groups is 1. The van der Waals surface area contributed by atoms with Gasteiger partial charge in [0.1, 0.15) is 12.4 Å². The maximum Gasteiger partial charge on any atom is 0.255 e. The van der Waals surface area contributed by atoms with Crippen molar-refractivity contribution < 1.29 is 17.9 Å². The Labute approximate surface area is 171 Å². The molecule has 0 N–H and O–H groups in total. The van der Waals surface area contributed by atoms with Crippen molar-refractivity contribution in [2.45, 2.75) is 11.4 Å². The van der Waals surface area contributed by atoms with Crippen molar-refractivity contribution in [3.63, 3.8) is 0 Å². The highest BCUT2D eigenvalue weighted by atomic mass is 35.5. The SMILES string of the molecule is C=CCOc1ccc(CN(C)C(=O)c2cc(S(=O)(=O)N(C)C)ccc2Cl)cc1. The van der Waals surface area contributed by atoms with Gasteiger partial charge in [-0.05, 0) is 35.9 Å². The van der Waals surface area contributed by atoms with Crippen molar-refractivity contribution in [2.24, 2.45) is 0 Å². The minimum absolute atomic E-state index is 0.0161. The molecule has 8 heteroatoms. The number of benzene rings is 2. The number of halogens is 1. The van der Waals surface area contributed by atoms with Gasteiger partial charge in [-0.25, -0.2) is 12.7 Å². The lowest BCUT2D eigenvalue weighted by Gasteiger charge is -2.19. The van der Waals surface area contributed by atoms with Gasteiger partial charge in [-0.15, -0.1) is 0 Å². The summed E-state index contributed by atoms with van der Waals surface area (Å²) in [5.41, 5.74) is 1.04. The molecule has 0 spiro atoms. The van der Waals surface area contributed by atoms with Gasteiger partial charge in [0.15, 0.2) is 0 Å². The fourth-order valence-corrected chi connectivity index (χ4v) is 3.56. The molecule has 0 unspecified atom stereocenters. The first-order valence-corrected chi connectivity index (χ1v) is 10.3. The van der Waals surface area contributed by atoms with Gasteiger partial charge < -0.3 is 9.64 Å². The molecular formula is C20H23ClN2O4S. The number of nitrogens with zero attached hydrogens (tertiary/aromatic N) is 2. The first-order chi connectivity index (χ1) is 13.2. The van der Waals surface area contributed by atoms with Crippen molar-refractivity contribution in [3.05, 3.63) is 71.3 Å². The van der Waals surface area contributed by atoms with Gasteiger partial charge in [0.2, 0.25) is 10.0 Å². The predicted molar refractivity (Wildman–Crippen MR) is 110 cm³/mol. The third kappa shape index (κ3) is 5.13. The summed E-state index contributed by atoms with van der Waals surface area (Å²) in [6.07, 6.45) is 1.66. The molecule has 0 radical (unpaired) electrons. The predicted octanol–water partition coefficient (Wildman–Crippen LogP) is 3.43. The van der Waals surface area contributed by atoms with Gasteiger partial charge in [0, 0.05) is 27.7 Å². The molecule has 0 saturated carbocycles. The summed E-state index contributed by atoms with van der Waals surface area (Å²) in [6, 6.07) is 11.5. The Bertz CT molecular complexity index is 957. The largest absolute Gasteiger partial charge is 0.490 e. The summed E-state index contributed by atoms with van der Waals surface area (Å²) in [5.74, 6) is 0.343. The Hall–Kier alpha value is -2.35. The molecule has 6 nitrogen and oxygen atoms in total. The first-order valence-electron chi connectivity index (χ1n) is 8.47. The second kappa shape index (κ2) is 9.23. The lowest BCUT2D eigenvalue weighted by atomic mass is 10.1. The fourth-order valence-electron chi connectivity index (χ4n) is 2.44. The van der Waals surface area contributed by atoms with Gasteiger partial charge in [0.05, 0.1) is 15.5 Å². The lowest BCUT2D eigenvalue weighted by Crippen LogP contribution is -2.27. The van der Waals surface area contributed by atoms with Crippen LogP contribution in [0.5, 0.6) is 5.75 Å². The maximum atomic E-state index is 12.8. The molecule has 0 heterocycles. The van der Waals surface area contributed by atoms with E-state index in [-0.39, 0.29) is 21.4 Å². The quantitative estimate of drug-likeness (QED) is 0.611. The van der Waals surface area contributed by atoms with Crippen LogP contribution in [-0.2, 0) is 16.6 Å². The Balaban J connectivity index is 2.20. The summed E-state index contributed by atoms with van der Waals surface area (Å²) in [5, 5.41) is 0.197. The van der Waals surface area contributed by atoms with Crippen LogP contribution in [0.3, 0.4) is 0 Å². The van der Waals surface area contributed by atoms with Gasteiger partial charge in [-0.1, -0.05) is 36.4 Å². The fraction of sp³-hybridized carbons (Fsp3) is 0.250. The van der Waals surface area contributed by atoms with Crippen molar-refractivity contribution in [1.29, 1.82) is 0 Å². The van der Waals surface area contributed by atoms with E-state index in [1.165, 1.54) is 37.2 Å². The zero-order valence-electron chi connectivity index (χ0n) is 16.1. The molecule has 0 aliphatic heterocycles. The minimum atomic E-state index is -3.66. The molecule has 0 aliphatic rings. The van der Waals surface area contributed by atoms with E-state index in [1.54, 1.807) is 13.1 Å². The molecule has 2 rings (SSSR count). The standard InChI is InChI=1S/C20H23ClN2O4S/c1-5-12-27-16-8-6-15(7-9-16)14-23(4)20(24)18-13-17(10-11-19(18)21)28(25,26)22(2)3/h5-11,13H,1,12,14H2,2-4H3. The molecular weight excluding hydrogens is 400 g/mol. The molecule has 28 heavy (non-hydrogen) atoms. The third-order valence-electron chi connectivity index (χ3n) is 4.00. The molecule has 0 atom stereocenters. The molecule has 0 fully saturated rings. The number of amides is 1. The van der Waals surface area contributed by atoms with E-state index in [1.807, 2.05) is 24.3 Å². The normalized spacial score (nSPS) is 11.3. The average molecular weight is 423 g/mol. The Morgan fingerprint density at radius 3 is 2.36 bits per heavy atom. The van der Waals surface area contributed by atoms with Crippen molar-refractivity contribution in [2.75, 3.05) is 27.7 Å². The van der Waals surface area contributed by atoms with Crippen LogP contribution in [0.2, 0.25) is 5.02 Å². The highest BCUT2D eigenvalue weighted by Gasteiger charge is 2.22. The summed E-state index contributed by atoms with van der Waals surface area (Å²) in [6.45, 7) is 4.35. The lowest BCUT2D eigenvalue weighted by molar-refractivity contribution is 0.0785. The number of hydrogen-bond acceptors (Lipinski definition) is 4. The second-order valence-electron chi connectivity index (χ2n) is 6.33. The number of carbonyl (C=O) groups excluding carboxylic acids is 1. The van der Waals surface area contributed by atoms with Crippen LogP contribution in [0.4, 0.5) is 0 Å². The van der Waals surface area contributed by atoms with Gasteiger partial charge in [-0.3, -0.25) is 4.79 Å². The second-order valence-corrected chi connectivity index (χ2v) is 8.89. The summed E-state index contributed by atoms with van der Waals surface area (Å²) in [7, 11) is 0.830. The van der Waals surface area contributed by atoms with E-state index in [0.29, 0.717) is 18.9 Å². The van der Waals surface area contributed by atoms with Crippen molar-refractivity contribution >= 4 is 27.5 Å². The number of ether oxygens (including phenoxy) is 1. The Morgan fingerprint density at radius 1 is 1.14 bits per heavy atom. The molecule has 1 amide bonds. The topological polar surface area (TPSA) is 66.9 Å². The zero-order chi connectivity index (χ0) is 20.9. The van der Waals surface area contributed by atoms with Crippen LogP contribution in [0.25, 0.3) is 0 Å². The van der Waals surface area contributed by atoms with E-state index < -0.39 is 10.0 Å². The molecule has 0 aromatic heterocycles.